The van der Waals surface area contributed by atoms with Gasteiger partial charge in [-0.15, -0.1) is 0 Å². The molecule has 0 aliphatic rings. The highest BCUT2D eigenvalue weighted by Crippen LogP contribution is 2.18. The van der Waals surface area contributed by atoms with E-state index in [4.69, 9.17) is 11.6 Å². The van der Waals surface area contributed by atoms with Gasteiger partial charge in [0, 0.05) is 6.04 Å². The van der Waals surface area contributed by atoms with Gasteiger partial charge in [0.25, 0.3) is 5.56 Å². The predicted octanol–water partition coefficient (Wildman–Crippen LogP) is 2.67. The maximum Gasteiger partial charge on any atom is 0.329 e. The summed E-state index contributed by atoms with van der Waals surface area (Å²) in [6.45, 7) is 7.67. The van der Waals surface area contributed by atoms with E-state index in [9.17, 15) is 9.59 Å². The molecule has 4 nitrogen and oxygen atoms in total. The van der Waals surface area contributed by atoms with Crippen LogP contribution in [0, 0.1) is 0 Å². The average molecular weight is 259 g/mol. The predicted molar refractivity (Wildman–Crippen MR) is 70.0 cm³/mol. The fourth-order valence-electron chi connectivity index (χ4n) is 1.98. The Labute approximate surface area is 106 Å². The van der Waals surface area contributed by atoms with Crippen molar-refractivity contribution in [1.82, 2.24) is 9.55 Å². The zero-order valence-electron chi connectivity index (χ0n) is 10.7. The van der Waals surface area contributed by atoms with Gasteiger partial charge in [0.15, 0.2) is 0 Å². The minimum absolute atomic E-state index is 0.00748. The molecule has 1 unspecified atom stereocenters. The van der Waals surface area contributed by atoms with Crippen LogP contribution in [-0.4, -0.2) is 9.55 Å². The average Bonchev–Trinajstić information content (AvgIpc) is 2.15. The molecule has 0 aliphatic heterocycles. The van der Waals surface area contributed by atoms with Crippen molar-refractivity contribution in [2.24, 2.45) is 0 Å². The van der Waals surface area contributed by atoms with Crippen LogP contribution in [-0.2, 0) is 0 Å². The Hall–Kier alpha value is -1.03. The summed E-state index contributed by atoms with van der Waals surface area (Å²) in [5.74, 6) is -0.00748. The van der Waals surface area contributed by atoms with Crippen molar-refractivity contribution >= 4 is 11.6 Å². The zero-order chi connectivity index (χ0) is 13.2. The summed E-state index contributed by atoms with van der Waals surface area (Å²) in [5.41, 5.74) is -0.214. The topological polar surface area (TPSA) is 54.9 Å². The summed E-state index contributed by atoms with van der Waals surface area (Å²) in [7, 11) is 0. The molecular weight excluding hydrogens is 240 g/mol. The summed E-state index contributed by atoms with van der Waals surface area (Å²) in [5, 5.41) is 0.162. The highest BCUT2D eigenvalue weighted by Gasteiger charge is 2.18. The fraction of sp³-hybridized carbons (Fsp3) is 0.667. The number of aromatic amines is 1. The lowest BCUT2D eigenvalue weighted by Gasteiger charge is -2.16. The van der Waals surface area contributed by atoms with Crippen molar-refractivity contribution in [1.29, 1.82) is 0 Å². The first-order valence-electron chi connectivity index (χ1n) is 5.94. The third-order valence-corrected chi connectivity index (χ3v) is 3.14. The van der Waals surface area contributed by atoms with Crippen molar-refractivity contribution in [3.05, 3.63) is 31.6 Å². The molecule has 5 heteroatoms. The van der Waals surface area contributed by atoms with Gasteiger partial charge >= 0.3 is 5.69 Å². The van der Waals surface area contributed by atoms with Crippen LogP contribution in [0.3, 0.4) is 0 Å². The highest BCUT2D eigenvalue weighted by atomic mass is 35.5. The second-order valence-electron chi connectivity index (χ2n) is 4.63. The third-order valence-electron chi connectivity index (χ3n) is 2.85. The number of aromatic nitrogens is 2. The van der Waals surface area contributed by atoms with Crippen molar-refractivity contribution in [2.75, 3.05) is 0 Å². The van der Waals surface area contributed by atoms with Crippen molar-refractivity contribution in [3.63, 3.8) is 0 Å². The van der Waals surface area contributed by atoms with E-state index in [-0.39, 0.29) is 22.7 Å². The van der Waals surface area contributed by atoms with E-state index in [0.29, 0.717) is 5.56 Å². The number of hydrogen-bond acceptors (Lipinski definition) is 2. The summed E-state index contributed by atoms with van der Waals surface area (Å²) in [4.78, 5) is 26.5. The van der Waals surface area contributed by atoms with Crippen LogP contribution in [0.4, 0.5) is 0 Å². The lowest BCUT2D eigenvalue weighted by atomic mass is 10.1. The van der Waals surface area contributed by atoms with Crippen LogP contribution in [0.5, 0.6) is 0 Å². The van der Waals surface area contributed by atoms with E-state index in [1.807, 2.05) is 27.7 Å². The summed E-state index contributed by atoms with van der Waals surface area (Å²) in [6, 6.07) is -0.106. The third kappa shape index (κ3) is 2.80. The molecule has 1 heterocycles. The lowest BCUT2D eigenvalue weighted by Crippen LogP contribution is -2.39. The van der Waals surface area contributed by atoms with E-state index >= 15 is 0 Å². The molecule has 1 N–H and O–H groups in total. The molecule has 0 bridgehead atoms. The molecule has 0 amide bonds. The van der Waals surface area contributed by atoms with Crippen molar-refractivity contribution < 1.29 is 0 Å². The minimum atomic E-state index is -0.426. The van der Waals surface area contributed by atoms with Gasteiger partial charge in [-0.3, -0.25) is 14.3 Å². The summed E-state index contributed by atoms with van der Waals surface area (Å²) in [6.07, 6.45) is 1.72. The first-order chi connectivity index (χ1) is 7.90. The number of hydrogen-bond donors (Lipinski definition) is 1. The maximum atomic E-state index is 12.2. The first kappa shape index (κ1) is 14.0. The van der Waals surface area contributed by atoms with Crippen molar-refractivity contribution in [2.45, 2.75) is 52.5 Å². The zero-order valence-corrected chi connectivity index (χ0v) is 11.5. The number of H-pyrrole nitrogens is 1. The number of rotatable bonds is 4. The van der Waals surface area contributed by atoms with Crippen LogP contribution >= 0.6 is 11.6 Å². The van der Waals surface area contributed by atoms with Gasteiger partial charge in [0.2, 0.25) is 0 Å². The Balaban J connectivity index is 3.47. The molecule has 0 spiro atoms. The minimum Gasteiger partial charge on any atom is -0.297 e. The summed E-state index contributed by atoms with van der Waals surface area (Å²) >= 11 is 5.91. The van der Waals surface area contributed by atoms with E-state index in [2.05, 4.69) is 4.98 Å². The van der Waals surface area contributed by atoms with Crippen LogP contribution in [0.25, 0.3) is 0 Å². The number of halogens is 1. The van der Waals surface area contributed by atoms with Crippen LogP contribution in [0.2, 0.25) is 5.15 Å². The standard InChI is InChI=1S/C12H19ClN2O2/c1-5-6-8(4)15-11(16)9(7(2)3)10(13)14-12(15)17/h7-8H,5-6H2,1-4H3,(H,14,17). The molecule has 0 aliphatic carbocycles. The smallest absolute Gasteiger partial charge is 0.297 e. The normalized spacial score (nSPS) is 13.1. The molecular formula is C12H19ClN2O2. The molecule has 0 aromatic carbocycles. The van der Waals surface area contributed by atoms with Gasteiger partial charge in [-0.25, -0.2) is 4.79 Å². The van der Waals surface area contributed by atoms with Gasteiger partial charge in [-0.1, -0.05) is 38.8 Å². The Kier molecular flexibility index (Phi) is 4.57. The van der Waals surface area contributed by atoms with Gasteiger partial charge in [-0.2, -0.15) is 0 Å². The van der Waals surface area contributed by atoms with E-state index in [1.54, 1.807) is 0 Å². The second kappa shape index (κ2) is 5.54. The molecule has 0 saturated heterocycles. The largest absolute Gasteiger partial charge is 0.329 e. The van der Waals surface area contributed by atoms with Crippen molar-refractivity contribution in [3.8, 4) is 0 Å². The Morgan fingerprint density at radius 2 is 1.88 bits per heavy atom. The molecule has 0 fully saturated rings. The lowest BCUT2D eigenvalue weighted by molar-refractivity contribution is 0.461. The second-order valence-corrected chi connectivity index (χ2v) is 5.00. The molecule has 96 valence electrons. The Bertz CT molecular complexity index is 502. The summed E-state index contributed by atoms with van der Waals surface area (Å²) < 4.78 is 1.27. The molecule has 1 aromatic rings. The van der Waals surface area contributed by atoms with E-state index < -0.39 is 5.69 Å². The van der Waals surface area contributed by atoms with Crippen LogP contribution in [0.15, 0.2) is 9.59 Å². The van der Waals surface area contributed by atoms with Crippen LogP contribution < -0.4 is 11.2 Å². The van der Waals surface area contributed by atoms with E-state index in [0.717, 1.165) is 12.8 Å². The van der Waals surface area contributed by atoms with Gasteiger partial charge in [-0.05, 0) is 19.3 Å². The number of nitrogens with one attached hydrogen (secondary N) is 1. The maximum absolute atomic E-state index is 12.2. The molecule has 1 rings (SSSR count). The molecule has 0 saturated carbocycles. The number of nitrogens with zero attached hydrogens (tertiary/aromatic N) is 1. The fourth-order valence-corrected chi connectivity index (χ4v) is 2.36. The van der Waals surface area contributed by atoms with Gasteiger partial charge in [0.05, 0.1) is 5.56 Å². The SMILES string of the molecule is CCCC(C)n1c(=O)[nH]c(Cl)c(C(C)C)c1=O. The quantitative estimate of drug-likeness (QED) is 0.845. The van der Waals surface area contributed by atoms with Crippen LogP contribution in [0.1, 0.15) is 58.1 Å². The van der Waals surface area contributed by atoms with E-state index in [1.165, 1.54) is 4.57 Å². The molecule has 0 radical (unpaired) electrons. The highest BCUT2D eigenvalue weighted by molar-refractivity contribution is 6.30. The van der Waals surface area contributed by atoms with Gasteiger partial charge < -0.3 is 0 Å². The Morgan fingerprint density at radius 1 is 1.29 bits per heavy atom. The first-order valence-corrected chi connectivity index (χ1v) is 6.32. The molecule has 17 heavy (non-hydrogen) atoms. The monoisotopic (exact) mass is 258 g/mol. The molecule has 1 atom stereocenters. The Morgan fingerprint density at radius 3 is 2.35 bits per heavy atom. The molecule has 1 aromatic heterocycles. The van der Waals surface area contributed by atoms with Gasteiger partial charge in [0.1, 0.15) is 5.15 Å².